The number of anilines is 2. The molecule has 1 aromatic rings. The van der Waals surface area contributed by atoms with Crippen molar-refractivity contribution in [3.05, 3.63) is 24.3 Å². The van der Waals surface area contributed by atoms with Crippen molar-refractivity contribution in [1.29, 1.82) is 0 Å². The van der Waals surface area contributed by atoms with Crippen molar-refractivity contribution in [2.24, 2.45) is 5.92 Å². The fourth-order valence-electron chi connectivity index (χ4n) is 3.74. The molecule has 2 aliphatic rings. The molecule has 2 amide bonds. The number of rotatable bonds is 4. The quantitative estimate of drug-likeness (QED) is 0.667. The Morgan fingerprint density at radius 2 is 1.67 bits per heavy atom. The molecule has 1 aromatic carbocycles. The molecule has 0 spiro atoms. The largest absolute Gasteiger partial charge is 0.444 e. The van der Waals surface area contributed by atoms with Gasteiger partial charge in [-0.2, -0.15) is 8.42 Å². The number of carbonyl (C=O) groups excluding carboxylic acids is 2. The summed E-state index contributed by atoms with van der Waals surface area (Å²) in [5.74, 6) is -1.37. The van der Waals surface area contributed by atoms with Crippen LogP contribution in [0, 0.1) is 5.92 Å². The van der Waals surface area contributed by atoms with Crippen LogP contribution in [0.2, 0.25) is 0 Å². The topological polar surface area (TPSA) is 87.2 Å². The number of halogens is 1. The van der Waals surface area contributed by atoms with E-state index in [9.17, 15) is 21.9 Å². The molecule has 2 fully saturated rings. The zero-order valence-electron chi connectivity index (χ0n) is 17.5. The van der Waals surface area contributed by atoms with Crippen LogP contribution in [0.25, 0.3) is 0 Å². The first kappa shape index (κ1) is 22.3. The van der Waals surface area contributed by atoms with Gasteiger partial charge in [0.1, 0.15) is 5.60 Å². The molecule has 30 heavy (non-hydrogen) atoms. The van der Waals surface area contributed by atoms with Crippen molar-refractivity contribution in [2.45, 2.75) is 32.8 Å². The van der Waals surface area contributed by atoms with E-state index in [1.54, 1.807) is 17.0 Å². The van der Waals surface area contributed by atoms with E-state index < -0.39 is 27.5 Å². The van der Waals surface area contributed by atoms with Gasteiger partial charge in [0.15, 0.2) is 0 Å². The van der Waals surface area contributed by atoms with Gasteiger partial charge in [-0.1, -0.05) is 0 Å². The Bertz CT molecular complexity index is 890. The maximum atomic E-state index is 12.9. The molecule has 0 aromatic heterocycles. The van der Waals surface area contributed by atoms with E-state index in [2.05, 4.69) is 4.90 Å². The smallest absolute Gasteiger partial charge is 0.410 e. The molecule has 0 bridgehead atoms. The number of amides is 2. The van der Waals surface area contributed by atoms with E-state index in [1.807, 2.05) is 32.9 Å². The van der Waals surface area contributed by atoms with Gasteiger partial charge in [-0.25, -0.2) is 4.79 Å². The van der Waals surface area contributed by atoms with E-state index >= 15 is 0 Å². The number of carbonyl (C=O) groups is 2. The number of hydrogen-bond acceptors (Lipinski definition) is 6. The van der Waals surface area contributed by atoms with Crippen LogP contribution in [-0.4, -0.2) is 69.4 Å². The predicted octanol–water partition coefficient (Wildman–Crippen LogP) is 2.40. The van der Waals surface area contributed by atoms with Gasteiger partial charge in [-0.15, -0.1) is 3.89 Å². The molecule has 1 unspecified atom stereocenters. The molecular weight excluding hydrogens is 413 g/mol. The lowest BCUT2D eigenvalue weighted by Crippen LogP contribution is -2.50. The Morgan fingerprint density at radius 1 is 1.10 bits per heavy atom. The monoisotopic (exact) mass is 441 g/mol. The van der Waals surface area contributed by atoms with Crippen LogP contribution >= 0.6 is 0 Å². The molecule has 0 radical (unpaired) electrons. The summed E-state index contributed by atoms with van der Waals surface area (Å²) in [6.45, 7) is 8.15. The highest BCUT2D eigenvalue weighted by molar-refractivity contribution is 7.86. The lowest BCUT2D eigenvalue weighted by molar-refractivity contribution is -0.117. The summed E-state index contributed by atoms with van der Waals surface area (Å²) in [4.78, 5) is 29.7. The van der Waals surface area contributed by atoms with Gasteiger partial charge >= 0.3 is 16.3 Å². The molecule has 2 saturated heterocycles. The number of nitrogens with zero attached hydrogens (tertiary/aromatic N) is 3. The third-order valence-electron chi connectivity index (χ3n) is 5.10. The standard InChI is InChI=1S/C20H28FN3O5S/c1-20(2,3)29-19(26)23-10-8-22(9-11-23)16-4-6-17(7-5-16)24-13-15(12-18(24)25)14-30(21,27)28/h4-7,15H,8-14H2,1-3H3. The van der Waals surface area contributed by atoms with Crippen molar-refractivity contribution in [2.75, 3.05) is 48.3 Å². The molecule has 8 nitrogen and oxygen atoms in total. The van der Waals surface area contributed by atoms with Crippen LogP contribution in [0.4, 0.5) is 20.1 Å². The van der Waals surface area contributed by atoms with E-state index in [-0.39, 0.29) is 25.0 Å². The summed E-state index contributed by atoms with van der Waals surface area (Å²) in [6.07, 6.45) is -0.285. The van der Waals surface area contributed by atoms with Crippen LogP contribution in [-0.2, 0) is 19.8 Å². The summed E-state index contributed by atoms with van der Waals surface area (Å²) < 4.78 is 40.0. The second-order valence-electron chi connectivity index (χ2n) is 8.75. The Kier molecular flexibility index (Phi) is 6.26. The normalized spacial score (nSPS) is 20.6. The summed E-state index contributed by atoms with van der Waals surface area (Å²) in [6, 6.07) is 7.40. The van der Waals surface area contributed by atoms with Gasteiger partial charge in [0, 0.05) is 56.4 Å². The zero-order chi connectivity index (χ0) is 22.1. The summed E-state index contributed by atoms with van der Waals surface area (Å²) >= 11 is 0. The first-order valence-electron chi connectivity index (χ1n) is 9.97. The number of benzene rings is 1. The molecule has 0 N–H and O–H groups in total. The third kappa shape index (κ3) is 5.84. The van der Waals surface area contributed by atoms with Crippen molar-refractivity contribution in [3.8, 4) is 0 Å². The molecule has 166 valence electrons. The fraction of sp³-hybridized carbons (Fsp3) is 0.600. The second kappa shape index (κ2) is 8.41. The van der Waals surface area contributed by atoms with Crippen molar-refractivity contribution < 1.29 is 26.6 Å². The minimum Gasteiger partial charge on any atom is -0.444 e. The third-order valence-corrected chi connectivity index (χ3v) is 5.97. The molecule has 2 aliphatic heterocycles. The van der Waals surface area contributed by atoms with Crippen molar-refractivity contribution in [3.63, 3.8) is 0 Å². The molecule has 2 heterocycles. The summed E-state index contributed by atoms with van der Waals surface area (Å²) in [5, 5.41) is 0. The van der Waals surface area contributed by atoms with Crippen LogP contribution in [0.15, 0.2) is 24.3 Å². The van der Waals surface area contributed by atoms with Crippen molar-refractivity contribution >= 4 is 33.6 Å². The highest BCUT2D eigenvalue weighted by Crippen LogP contribution is 2.28. The Morgan fingerprint density at radius 3 is 2.20 bits per heavy atom. The highest BCUT2D eigenvalue weighted by Gasteiger charge is 2.33. The average molecular weight is 442 g/mol. The van der Waals surface area contributed by atoms with Gasteiger partial charge in [-0.3, -0.25) is 4.79 Å². The van der Waals surface area contributed by atoms with Gasteiger partial charge < -0.3 is 19.4 Å². The van der Waals surface area contributed by atoms with Crippen LogP contribution in [0.1, 0.15) is 27.2 Å². The molecule has 3 rings (SSSR count). The molecule has 0 aliphatic carbocycles. The first-order chi connectivity index (χ1) is 13.9. The van der Waals surface area contributed by atoms with Crippen LogP contribution in [0.3, 0.4) is 0 Å². The number of hydrogen-bond donors (Lipinski definition) is 0. The Labute approximate surface area is 176 Å². The predicted molar refractivity (Wildman–Crippen MR) is 112 cm³/mol. The average Bonchev–Trinajstić information content (AvgIpc) is 2.99. The zero-order valence-corrected chi connectivity index (χ0v) is 18.3. The number of ether oxygens (including phenoxy) is 1. The minimum atomic E-state index is -4.60. The van der Waals surface area contributed by atoms with E-state index in [1.165, 1.54) is 4.90 Å². The van der Waals surface area contributed by atoms with Gasteiger partial charge in [0.25, 0.3) is 0 Å². The van der Waals surface area contributed by atoms with Crippen molar-refractivity contribution in [1.82, 2.24) is 4.90 Å². The van der Waals surface area contributed by atoms with Crippen LogP contribution in [0.5, 0.6) is 0 Å². The molecular formula is C20H28FN3O5S. The second-order valence-corrected chi connectivity index (χ2v) is 10.2. The molecule has 1 atom stereocenters. The summed E-state index contributed by atoms with van der Waals surface area (Å²) in [7, 11) is -4.60. The van der Waals surface area contributed by atoms with E-state index in [0.29, 0.717) is 31.9 Å². The Hall–Kier alpha value is -2.36. The molecule has 10 heteroatoms. The summed E-state index contributed by atoms with van der Waals surface area (Å²) in [5.41, 5.74) is 1.11. The first-order valence-corrected chi connectivity index (χ1v) is 11.5. The Balaban J connectivity index is 1.57. The lowest BCUT2D eigenvalue weighted by Gasteiger charge is -2.36. The maximum absolute atomic E-state index is 12.9. The maximum Gasteiger partial charge on any atom is 0.410 e. The fourth-order valence-corrected chi connectivity index (χ4v) is 4.53. The van der Waals surface area contributed by atoms with E-state index in [0.717, 1.165) is 5.69 Å². The van der Waals surface area contributed by atoms with Gasteiger partial charge in [-0.05, 0) is 45.0 Å². The lowest BCUT2D eigenvalue weighted by atomic mass is 10.1. The van der Waals surface area contributed by atoms with Crippen LogP contribution < -0.4 is 9.80 Å². The molecule has 0 saturated carbocycles. The number of piperazine rings is 1. The van der Waals surface area contributed by atoms with Gasteiger partial charge in [0.05, 0.1) is 5.75 Å². The van der Waals surface area contributed by atoms with E-state index in [4.69, 9.17) is 4.74 Å². The minimum absolute atomic E-state index is 0.0253. The highest BCUT2D eigenvalue weighted by atomic mass is 32.3. The van der Waals surface area contributed by atoms with Gasteiger partial charge in [0.2, 0.25) is 5.91 Å². The SMILES string of the molecule is CC(C)(C)OC(=O)N1CCN(c2ccc(N3CC(CS(=O)(=O)F)CC3=O)cc2)CC1.